The maximum absolute atomic E-state index is 13.2. The average Bonchev–Trinajstić information content (AvgIpc) is 2.88. The van der Waals surface area contributed by atoms with Crippen LogP contribution in [0.3, 0.4) is 0 Å². The second-order valence-electron chi connectivity index (χ2n) is 7.78. The molecule has 0 saturated carbocycles. The predicted molar refractivity (Wildman–Crippen MR) is 143 cm³/mol. The van der Waals surface area contributed by atoms with Crippen molar-refractivity contribution < 1.29 is 28.6 Å². The van der Waals surface area contributed by atoms with Gasteiger partial charge in [-0.15, -0.1) is 0 Å². The third-order valence-electron chi connectivity index (χ3n) is 5.41. The highest BCUT2D eigenvalue weighted by Gasteiger charge is 2.30. The second kappa shape index (κ2) is 13.0. The van der Waals surface area contributed by atoms with E-state index in [4.69, 9.17) is 37.4 Å². The van der Waals surface area contributed by atoms with Crippen LogP contribution in [0, 0.1) is 5.92 Å². The first-order chi connectivity index (χ1) is 17.8. The van der Waals surface area contributed by atoms with Crippen molar-refractivity contribution in [3.8, 4) is 11.5 Å². The van der Waals surface area contributed by atoms with Gasteiger partial charge in [0.15, 0.2) is 0 Å². The predicted octanol–water partition coefficient (Wildman–Crippen LogP) is 5.62. The number of para-hydroxylation sites is 1. The summed E-state index contributed by atoms with van der Waals surface area (Å²) in [7, 11) is 2.93. The van der Waals surface area contributed by atoms with Gasteiger partial charge in [0, 0.05) is 5.69 Å². The lowest BCUT2D eigenvalue weighted by molar-refractivity contribution is -0.150. The number of hydrogen-bond donors (Lipinski definition) is 2. The van der Waals surface area contributed by atoms with Crippen LogP contribution in [-0.4, -0.2) is 38.6 Å². The number of esters is 1. The Morgan fingerprint density at radius 1 is 0.838 bits per heavy atom. The normalized spacial score (nSPS) is 11.3. The van der Waals surface area contributed by atoms with Crippen LogP contribution < -0.4 is 20.1 Å². The third-order valence-corrected chi connectivity index (χ3v) is 6.04. The molecule has 3 aromatic rings. The smallest absolute Gasteiger partial charge is 0.318 e. The maximum Gasteiger partial charge on any atom is 0.318 e. The Balaban J connectivity index is 1.78. The number of amides is 2. The molecule has 1 atom stereocenters. The molecule has 10 heteroatoms. The van der Waals surface area contributed by atoms with Crippen LogP contribution in [-0.2, 0) is 20.7 Å². The molecule has 37 heavy (non-hydrogen) atoms. The number of ether oxygens (including phenoxy) is 3. The number of carbonyl (C=O) groups is 3. The Hall–Kier alpha value is -3.75. The molecule has 2 N–H and O–H groups in total. The number of methoxy groups -OCH3 is 2. The van der Waals surface area contributed by atoms with Crippen molar-refractivity contribution in [3.63, 3.8) is 0 Å². The molecule has 0 bridgehead atoms. The number of halogens is 2. The fourth-order valence-electron chi connectivity index (χ4n) is 3.58. The van der Waals surface area contributed by atoms with Crippen LogP contribution >= 0.6 is 23.2 Å². The van der Waals surface area contributed by atoms with E-state index in [2.05, 4.69) is 10.6 Å². The Morgan fingerprint density at radius 2 is 1.41 bits per heavy atom. The quantitative estimate of drug-likeness (QED) is 0.253. The molecular formula is C27H26Cl2N2O6. The molecule has 3 aromatic carbocycles. The van der Waals surface area contributed by atoms with Gasteiger partial charge in [0.05, 0.1) is 36.4 Å². The van der Waals surface area contributed by atoms with Crippen molar-refractivity contribution in [2.45, 2.75) is 13.3 Å². The molecule has 3 rings (SSSR count). The third kappa shape index (κ3) is 6.93. The van der Waals surface area contributed by atoms with E-state index in [-0.39, 0.29) is 28.6 Å². The van der Waals surface area contributed by atoms with Gasteiger partial charge in [-0.1, -0.05) is 47.5 Å². The molecule has 0 aliphatic heterocycles. The monoisotopic (exact) mass is 544 g/mol. The summed E-state index contributed by atoms with van der Waals surface area (Å²) < 4.78 is 15.8. The second-order valence-corrected chi connectivity index (χ2v) is 8.60. The molecule has 0 spiro atoms. The molecule has 8 nitrogen and oxygen atoms in total. The van der Waals surface area contributed by atoms with Gasteiger partial charge >= 0.3 is 5.97 Å². The molecule has 194 valence electrons. The van der Waals surface area contributed by atoms with Crippen molar-refractivity contribution in [3.05, 3.63) is 81.8 Å². The summed E-state index contributed by atoms with van der Waals surface area (Å²) in [4.78, 5) is 38.5. The minimum atomic E-state index is -1.14. The number of hydrogen-bond acceptors (Lipinski definition) is 6. The lowest BCUT2D eigenvalue weighted by atomic mass is 9.98. The summed E-state index contributed by atoms with van der Waals surface area (Å²) in [6.07, 6.45) is 0.0622. The van der Waals surface area contributed by atoms with E-state index in [0.29, 0.717) is 28.4 Å². The number of carbonyl (C=O) groups excluding carboxylic acids is 3. The Kier molecular flexibility index (Phi) is 9.77. The van der Waals surface area contributed by atoms with Gasteiger partial charge in [0.2, 0.25) is 5.91 Å². The summed E-state index contributed by atoms with van der Waals surface area (Å²) in [5.41, 5.74) is 1.64. The van der Waals surface area contributed by atoms with E-state index < -0.39 is 23.7 Å². The zero-order valence-electron chi connectivity index (χ0n) is 20.5. The van der Waals surface area contributed by atoms with Crippen molar-refractivity contribution in [1.82, 2.24) is 0 Å². The first-order valence-corrected chi connectivity index (χ1v) is 12.1. The van der Waals surface area contributed by atoms with E-state index in [9.17, 15) is 14.4 Å². The van der Waals surface area contributed by atoms with E-state index in [1.165, 1.54) is 14.2 Å². The lowest BCUT2D eigenvalue weighted by Gasteiger charge is -2.18. The summed E-state index contributed by atoms with van der Waals surface area (Å²) in [5.74, 6) is -2.08. The fourth-order valence-corrected chi connectivity index (χ4v) is 4.15. The molecule has 2 amide bonds. The van der Waals surface area contributed by atoms with E-state index in [1.807, 2.05) is 0 Å². The fraction of sp³-hybridized carbons (Fsp3) is 0.222. The molecule has 0 radical (unpaired) electrons. The molecule has 0 aliphatic carbocycles. The topological polar surface area (TPSA) is 103 Å². The Labute approximate surface area is 224 Å². The van der Waals surface area contributed by atoms with Gasteiger partial charge in [-0.05, 0) is 55.3 Å². The van der Waals surface area contributed by atoms with E-state index >= 15 is 0 Å². The first-order valence-electron chi connectivity index (χ1n) is 11.3. The summed E-state index contributed by atoms with van der Waals surface area (Å²) >= 11 is 12.2. The molecule has 0 fully saturated rings. The number of anilines is 2. The van der Waals surface area contributed by atoms with Crippen LogP contribution in [0.5, 0.6) is 11.5 Å². The largest absolute Gasteiger partial charge is 0.494 e. The summed E-state index contributed by atoms with van der Waals surface area (Å²) in [6, 6.07) is 16.6. The molecule has 0 heterocycles. The Morgan fingerprint density at radius 3 is 1.95 bits per heavy atom. The van der Waals surface area contributed by atoms with Crippen LogP contribution in [0.25, 0.3) is 0 Å². The molecular weight excluding hydrogens is 519 g/mol. The van der Waals surface area contributed by atoms with Gasteiger partial charge in [-0.25, -0.2) is 0 Å². The van der Waals surface area contributed by atoms with Crippen molar-refractivity contribution >= 4 is 52.4 Å². The van der Waals surface area contributed by atoms with Crippen LogP contribution in [0.4, 0.5) is 11.4 Å². The summed E-state index contributed by atoms with van der Waals surface area (Å²) in [5, 5.41) is 5.94. The van der Waals surface area contributed by atoms with E-state index in [0.717, 1.165) is 0 Å². The van der Waals surface area contributed by atoms with Gasteiger partial charge < -0.3 is 24.8 Å². The minimum absolute atomic E-state index is 0.0622. The van der Waals surface area contributed by atoms with Crippen molar-refractivity contribution in [2.75, 3.05) is 31.5 Å². The molecule has 0 aromatic heterocycles. The standard InChI is InChI=1S/C27H26Cl2N2O6/c1-4-37-27(34)18(25(32)31-24-21(35-2)9-6-10-22(24)36-3)15-16-11-13-17(14-12-16)30-26(33)23-19(28)7-5-8-20(23)29/h5-14,18H,4,15H2,1-3H3,(H,30,33)(H,31,32). The lowest BCUT2D eigenvalue weighted by Crippen LogP contribution is -2.33. The zero-order valence-corrected chi connectivity index (χ0v) is 22.0. The highest BCUT2D eigenvalue weighted by atomic mass is 35.5. The van der Waals surface area contributed by atoms with Gasteiger partial charge in [-0.3, -0.25) is 14.4 Å². The molecule has 1 unspecified atom stereocenters. The van der Waals surface area contributed by atoms with Gasteiger partial charge in [-0.2, -0.15) is 0 Å². The Bertz CT molecular complexity index is 1240. The number of rotatable bonds is 10. The minimum Gasteiger partial charge on any atom is -0.494 e. The molecule has 0 saturated heterocycles. The van der Waals surface area contributed by atoms with Gasteiger partial charge in [0.1, 0.15) is 23.1 Å². The first kappa shape index (κ1) is 27.8. The SMILES string of the molecule is CCOC(=O)C(Cc1ccc(NC(=O)c2c(Cl)cccc2Cl)cc1)C(=O)Nc1c(OC)cccc1OC. The summed E-state index contributed by atoms with van der Waals surface area (Å²) in [6.45, 7) is 1.79. The zero-order chi connectivity index (χ0) is 26.9. The maximum atomic E-state index is 13.2. The van der Waals surface area contributed by atoms with Crippen molar-refractivity contribution in [1.29, 1.82) is 0 Å². The highest BCUT2D eigenvalue weighted by molar-refractivity contribution is 6.40. The number of nitrogens with one attached hydrogen (secondary N) is 2. The number of benzene rings is 3. The van der Waals surface area contributed by atoms with E-state index in [1.54, 1.807) is 67.6 Å². The van der Waals surface area contributed by atoms with Crippen LogP contribution in [0.2, 0.25) is 10.0 Å². The molecule has 0 aliphatic rings. The van der Waals surface area contributed by atoms with Crippen molar-refractivity contribution in [2.24, 2.45) is 5.92 Å². The highest BCUT2D eigenvalue weighted by Crippen LogP contribution is 2.34. The van der Waals surface area contributed by atoms with Crippen LogP contribution in [0.1, 0.15) is 22.8 Å². The average molecular weight is 545 g/mol. The van der Waals surface area contributed by atoms with Crippen LogP contribution in [0.15, 0.2) is 60.7 Å². The van der Waals surface area contributed by atoms with Gasteiger partial charge in [0.25, 0.3) is 5.91 Å².